The van der Waals surface area contributed by atoms with E-state index in [-0.39, 0.29) is 11.8 Å². The highest BCUT2D eigenvalue weighted by Crippen LogP contribution is 2.13. The summed E-state index contributed by atoms with van der Waals surface area (Å²) in [5.41, 5.74) is 0. The first-order valence-electron chi connectivity index (χ1n) is 5.58. The van der Waals surface area contributed by atoms with Crippen molar-refractivity contribution in [3.8, 4) is 0 Å². The Hall–Kier alpha value is -0.590. The van der Waals surface area contributed by atoms with E-state index in [0.29, 0.717) is 17.5 Å². The van der Waals surface area contributed by atoms with Crippen LogP contribution in [0.3, 0.4) is 0 Å². The fourth-order valence-electron chi connectivity index (χ4n) is 2.01. The SMILES string of the molecule is Cn1c(Cl)cnc1CNC1CCCS(=O)(=O)C1. The molecule has 1 fully saturated rings. The summed E-state index contributed by atoms with van der Waals surface area (Å²) in [4.78, 5) is 4.16. The number of sulfone groups is 1. The number of imidazole rings is 1. The van der Waals surface area contributed by atoms with Gasteiger partial charge in [-0.2, -0.15) is 0 Å². The van der Waals surface area contributed by atoms with E-state index in [2.05, 4.69) is 10.3 Å². The maximum absolute atomic E-state index is 11.5. The minimum absolute atomic E-state index is 0.0317. The maximum atomic E-state index is 11.5. The van der Waals surface area contributed by atoms with Crippen molar-refractivity contribution >= 4 is 21.4 Å². The van der Waals surface area contributed by atoms with Crippen LogP contribution in [0.25, 0.3) is 0 Å². The third-order valence-electron chi connectivity index (χ3n) is 3.04. The van der Waals surface area contributed by atoms with Crippen LogP contribution >= 0.6 is 11.6 Å². The second-order valence-electron chi connectivity index (χ2n) is 4.39. The first-order chi connectivity index (χ1) is 7.98. The molecule has 0 spiro atoms. The minimum atomic E-state index is -2.86. The van der Waals surface area contributed by atoms with Gasteiger partial charge in [0, 0.05) is 13.1 Å². The van der Waals surface area contributed by atoms with Crippen LogP contribution < -0.4 is 5.32 Å². The molecule has 2 rings (SSSR count). The molecule has 1 aromatic rings. The van der Waals surface area contributed by atoms with Crippen LogP contribution in [0.2, 0.25) is 5.15 Å². The summed E-state index contributed by atoms with van der Waals surface area (Å²) in [6.45, 7) is 0.545. The zero-order valence-electron chi connectivity index (χ0n) is 9.69. The van der Waals surface area contributed by atoms with E-state index in [1.807, 2.05) is 7.05 Å². The van der Waals surface area contributed by atoms with E-state index in [0.717, 1.165) is 18.7 Å². The number of rotatable bonds is 3. The predicted octanol–water partition coefficient (Wildman–Crippen LogP) is 0.740. The van der Waals surface area contributed by atoms with E-state index < -0.39 is 9.84 Å². The Morgan fingerprint density at radius 2 is 2.41 bits per heavy atom. The molecule has 1 unspecified atom stereocenters. The van der Waals surface area contributed by atoms with Crippen LogP contribution in [-0.2, 0) is 23.4 Å². The molecule has 0 aliphatic carbocycles. The second kappa shape index (κ2) is 4.96. The molecule has 1 aromatic heterocycles. The van der Waals surface area contributed by atoms with Crippen molar-refractivity contribution in [2.24, 2.45) is 7.05 Å². The third-order valence-corrected chi connectivity index (χ3v) is 5.21. The Labute approximate surface area is 106 Å². The Morgan fingerprint density at radius 3 is 3.00 bits per heavy atom. The molecule has 0 saturated carbocycles. The summed E-state index contributed by atoms with van der Waals surface area (Å²) in [5, 5.41) is 3.81. The summed E-state index contributed by atoms with van der Waals surface area (Å²) >= 11 is 5.87. The first kappa shape index (κ1) is 12.9. The van der Waals surface area contributed by atoms with E-state index >= 15 is 0 Å². The molecule has 2 heterocycles. The van der Waals surface area contributed by atoms with Crippen molar-refractivity contribution in [1.82, 2.24) is 14.9 Å². The summed E-state index contributed by atoms with van der Waals surface area (Å²) < 4.78 is 24.7. The highest BCUT2D eigenvalue weighted by molar-refractivity contribution is 7.91. The van der Waals surface area contributed by atoms with E-state index in [9.17, 15) is 8.42 Å². The lowest BCUT2D eigenvalue weighted by molar-refractivity contribution is 0.470. The number of hydrogen-bond acceptors (Lipinski definition) is 4. The van der Waals surface area contributed by atoms with Crippen LogP contribution in [-0.4, -0.2) is 35.5 Å². The van der Waals surface area contributed by atoms with Crippen molar-refractivity contribution in [3.05, 3.63) is 17.2 Å². The van der Waals surface area contributed by atoms with Crippen molar-refractivity contribution in [2.75, 3.05) is 11.5 Å². The molecular weight excluding hydrogens is 262 g/mol. The van der Waals surface area contributed by atoms with Gasteiger partial charge >= 0.3 is 0 Å². The second-order valence-corrected chi connectivity index (χ2v) is 7.01. The zero-order chi connectivity index (χ0) is 12.5. The summed E-state index contributed by atoms with van der Waals surface area (Å²) in [5.74, 6) is 1.36. The van der Waals surface area contributed by atoms with Crippen molar-refractivity contribution in [2.45, 2.75) is 25.4 Å². The van der Waals surface area contributed by atoms with Gasteiger partial charge in [0.05, 0.1) is 24.2 Å². The van der Waals surface area contributed by atoms with Gasteiger partial charge in [-0.15, -0.1) is 0 Å². The Kier molecular flexibility index (Phi) is 3.75. The average molecular weight is 278 g/mol. The first-order valence-corrected chi connectivity index (χ1v) is 7.78. The molecule has 96 valence electrons. The molecule has 5 nitrogen and oxygen atoms in total. The van der Waals surface area contributed by atoms with Crippen LogP contribution in [0, 0.1) is 0 Å². The largest absolute Gasteiger partial charge is 0.321 e. The molecule has 1 aliphatic heterocycles. The van der Waals surface area contributed by atoms with Crippen LogP contribution in [0.5, 0.6) is 0 Å². The van der Waals surface area contributed by atoms with Gasteiger partial charge in [-0.3, -0.25) is 0 Å². The van der Waals surface area contributed by atoms with Gasteiger partial charge in [0.25, 0.3) is 0 Å². The van der Waals surface area contributed by atoms with Crippen LogP contribution in [0.15, 0.2) is 6.20 Å². The van der Waals surface area contributed by atoms with Gasteiger partial charge in [-0.25, -0.2) is 13.4 Å². The molecule has 7 heteroatoms. The van der Waals surface area contributed by atoms with Crippen molar-refractivity contribution < 1.29 is 8.42 Å². The summed E-state index contributed by atoms with van der Waals surface area (Å²) in [6, 6.07) is 0.0317. The monoisotopic (exact) mass is 277 g/mol. The number of halogens is 1. The minimum Gasteiger partial charge on any atom is -0.321 e. The number of nitrogens with one attached hydrogen (secondary N) is 1. The van der Waals surface area contributed by atoms with Gasteiger partial charge in [-0.05, 0) is 12.8 Å². The molecule has 17 heavy (non-hydrogen) atoms. The molecule has 0 bridgehead atoms. The lowest BCUT2D eigenvalue weighted by Gasteiger charge is -2.22. The van der Waals surface area contributed by atoms with Gasteiger partial charge in [0.15, 0.2) is 9.84 Å². The lowest BCUT2D eigenvalue weighted by Crippen LogP contribution is -2.40. The molecule has 1 saturated heterocycles. The highest BCUT2D eigenvalue weighted by atomic mass is 35.5. The van der Waals surface area contributed by atoms with Crippen LogP contribution in [0.4, 0.5) is 0 Å². The molecule has 1 N–H and O–H groups in total. The third kappa shape index (κ3) is 3.20. The van der Waals surface area contributed by atoms with Crippen molar-refractivity contribution in [1.29, 1.82) is 0 Å². The molecule has 0 amide bonds. The normalized spacial score (nSPS) is 23.8. The number of nitrogens with zero attached hydrogens (tertiary/aromatic N) is 2. The zero-order valence-corrected chi connectivity index (χ0v) is 11.3. The van der Waals surface area contributed by atoms with Gasteiger partial charge in [0.1, 0.15) is 11.0 Å². The lowest BCUT2D eigenvalue weighted by atomic mass is 10.2. The standard InChI is InChI=1S/C10H16ClN3O2S/c1-14-9(11)5-13-10(14)6-12-8-3-2-4-17(15,16)7-8/h5,8,12H,2-4,6-7H2,1H3. The Balaban J connectivity index is 1.92. The van der Waals surface area contributed by atoms with E-state index in [1.54, 1.807) is 10.8 Å². The molecular formula is C10H16ClN3O2S. The Morgan fingerprint density at radius 1 is 1.65 bits per heavy atom. The van der Waals surface area contributed by atoms with Crippen LogP contribution in [0.1, 0.15) is 18.7 Å². The average Bonchev–Trinajstić information content (AvgIpc) is 2.56. The molecule has 1 atom stereocenters. The molecule has 1 aliphatic rings. The van der Waals surface area contributed by atoms with E-state index in [4.69, 9.17) is 11.6 Å². The summed E-state index contributed by atoms with van der Waals surface area (Å²) in [7, 11) is -1.02. The predicted molar refractivity (Wildman–Crippen MR) is 66.7 cm³/mol. The smallest absolute Gasteiger partial charge is 0.151 e. The maximum Gasteiger partial charge on any atom is 0.151 e. The fourth-order valence-corrected chi connectivity index (χ4v) is 3.83. The molecule has 0 radical (unpaired) electrons. The fraction of sp³-hybridized carbons (Fsp3) is 0.700. The summed E-state index contributed by atoms with van der Waals surface area (Å²) in [6.07, 6.45) is 3.23. The topological polar surface area (TPSA) is 64.0 Å². The highest BCUT2D eigenvalue weighted by Gasteiger charge is 2.24. The number of aromatic nitrogens is 2. The quantitative estimate of drug-likeness (QED) is 0.885. The van der Waals surface area contributed by atoms with Crippen molar-refractivity contribution in [3.63, 3.8) is 0 Å². The number of hydrogen-bond donors (Lipinski definition) is 1. The van der Waals surface area contributed by atoms with E-state index in [1.165, 1.54) is 0 Å². The van der Waals surface area contributed by atoms with Gasteiger partial charge in [0.2, 0.25) is 0 Å². The van der Waals surface area contributed by atoms with Gasteiger partial charge < -0.3 is 9.88 Å². The van der Waals surface area contributed by atoms with Gasteiger partial charge in [-0.1, -0.05) is 11.6 Å². The Bertz CT molecular complexity index is 498. The molecule has 0 aromatic carbocycles.